The molecule has 2 N–H and O–H groups in total. The van der Waals surface area contributed by atoms with E-state index in [1.807, 2.05) is 18.7 Å². The van der Waals surface area contributed by atoms with Crippen LogP contribution in [0, 0.1) is 13.8 Å². The van der Waals surface area contributed by atoms with Crippen molar-refractivity contribution in [1.29, 1.82) is 0 Å². The highest BCUT2D eigenvalue weighted by Gasteiger charge is 2.22. The number of aliphatic hydroxyl groups is 1. The van der Waals surface area contributed by atoms with Gasteiger partial charge in [0.05, 0.1) is 11.8 Å². The summed E-state index contributed by atoms with van der Waals surface area (Å²) in [5.41, 5.74) is 3.59. The second-order valence-corrected chi connectivity index (χ2v) is 5.65. The van der Waals surface area contributed by atoms with Crippen LogP contribution in [-0.2, 0) is 13.5 Å². The number of hydrogen-bond acceptors (Lipinski definition) is 3. The number of aryl methyl sites for hydroxylation is 2. The summed E-state index contributed by atoms with van der Waals surface area (Å²) in [4.78, 5) is 6.84. The van der Waals surface area contributed by atoms with E-state index in [0.717, 1.165) is 44.1 Å². The van der Waals surface area contributed by atoms with Crippen LogP contribution < -0.4 is 5.32 Å². The van der Waals surface area contributed by atoms with Gasteiger partial charge in [-0.05, 0) is 39.2 Å². The third-order valence-electron chi connectivity index (χ3n) is 4.08. The average Bonchev–Trinajstić information content (AvgIpc) is 2.96. The molecule has 1 aromatic rings. The van der Waals surface area contributed by atoms with E-state index in [1.165, 1.54) is 11.3 Å². The van der Waals surface area contributed by atoms with Gasteiger partial charge in [-0.25, -0.2) is 0 Å². The lowest BCUT2D eigenvalue weighted by Gasteiger charge is -2.20. The summed E-state index contributed by atoms with van der Waals surface area (Å²) in [6.45, 7) is 9.35. The number of nitrogens with one attached hydrogen (secondary N) is 1. The summed E-state index contributed by atoms with van der Waals surface area (Å²) in [6.07, 6.45) is 1.50. The largest absolute Gasteiger partial charge is 0.391 e. The molecular weight excluding hydrogens is 393 g/mol. The molecule has 0 aliphatic carbocycles. The van der Waals surface area contributed by atoms with Crippen molar-refractivity contribution in [2.24, 2.45) is 12.0 Å². The maximum Gasteiger partial charge on any atom is 0.194 e. The molecule has 6 nitrogen and oxygen atoms in total. The molecule has 0 unspecified atom stereocenters. The van der Waals surface area contributed by atoms with Crippen molar-refractivity contribution >= 4 is 29.9 Å². The lowest BCUT2D eigenvalue weighted by Crippen LogP contribution is -2.40. The average molecular weight is 421 g/mol. The van der Waals surface area contributed by atoms with Crippen LogP contribution in [0.3, 0.4) is 0 Å². The Kier molecular flexibility index (Phi) is 7.61. The first-order valence-electron chi connectivity index (χ1n) is 7.73. The molecule has 1 aliphatic rings. The summed E-state index contributed by atoms with van der Waals surface area (Å²) in [7, 11) is 1.98. The van der Waals surface area contributed by atoms with E-state index in [4.69, 9.17) is 4.99 Å². The molecule has 0 bridgehead atoms. The molecule has 1 aliphatic heterocycles. The van der Waals surface area contributed by atoms with E-state index in [1.54, 1.807) is 0 Å². The standard InChI is InChI=1S/C15H27N5O.HI/c1-5-16-15(20-9-7-13(21)10-20)17-8-6-14-11(2)18-19(4)12(14)3;/h13,21H,5-10H2,1-4H3,(H,16,17);1H/t13-;/m1./s1. The van der Waals surface area contributed by atoms with E-state index < -0.39 is 0 Å². The SMILES string of the molecule is CCNC(=NCCc1c(C)nn(C)c1C)N1CC[C@@H](O)C1.I. The second-order valence-electron chi connectivity index (χ2n) is 5.65. The summed E-state index contributed by atoms with van der Waals surface area (Å²) in [6, 6.07) is 0. The van der Waals surface area contributed by atoms with E-state index in [2.05, 4.69) is 29.2 Å². The van der Waals surface area contributed by atoms with Crippen LogP contribution in [0.5, 0.6) is 0 Å². The number of guanidine groups is 1. The normalized spacial score (nSPS) is 18.5. The van der Waals surface area contributed by atoms with Crippen molar-refractivity contribution < 1.29 is 5.11 Å². The summed E-state index contributed by atoms with van der Waals surface area (Å²) >= 11 is 0. The molecule has 0 radical (unpaired) electrons. The van der Waals surface area contributed by atoms with Crippen LogP contribution in [-0.4, -0.2) is 58.0 Å². The minimum absolute atomic E-state index is 0. The highest BCUT2D eigenvalue weighted by Crippen LogP contribution is 2.13. The van der Waals surface area contributed by atoms with Gasteiger partial charge in [-0.1, -0.05) is 0 Å². The number of aliphatic imine (C=N–C) groups is 1. The van der Waals surface area contributed by atoms with Crippen LogP contribution in [0.15, 0.2) is 4.99 Å². The van der Waals surface area contributed by atoms with Gasteiger partial charge in [-0.15, -0.1) is 24.0 Å². The molecule has 0 aromatic carbocycles. The molecule has 1 fully saturated rings. The lowest BCUT2D eigenvalue weighted by atomic mass is 10.1. The quantitative estimate of drug-likeness (QED) is 0.436. The van der Waals surface area contributed by atoms with E-state index in [-0.39, 0.29) is 30.1 Å². The fourth-order valence-electron chi connectivity index (χ4n) is 2.81. The van der Waals surface area contributed by atoms with E-state index >= 15 is 0 Å². The number of aliphatic hydroxyl groups excluding tert-OH is 1. The zero-order chi connectivity index (χ0) is 15.4. The van der Waals surface area contributed by atoms with Crippen molar-refractivity contribution in [1.82, 2.24) is 20.0 Å². The third-order valence-corrected chi connectivity index (χ3v) is 4.08. The van der Waals surface area contributed by atoms with Gasteiger partial charge in [0.1, 0.15) is 0 Å². The van der Waals surface area contributed by atoms with Gasteiger partial charge in [0.25, 0.3) is 0 Å². The molecule has 1 atom stereocenters. The topological polar surface area (TPSA) is 65.7 Å². The molecule has 2 rings (SSSR count). The Morgan fingerprint density at radius 3 is 2.68 bits per heavy atom. The van der Waals surface area contributed by atoms with Crippen LogP contribution in [0.2, 0.25) is 0 Å². The number of halogens is 1. The molecular formula is C15H28IN5O. The minimum atomic E-state index is -0.225. The maximum absolute atomic E-state index is 9.66. The molecule has 7 heteroatoms. The highest BCUT2D eigenvalue weighted by atomic mass is 127. The van der Waals surface area contributed by atoms with Crippen molar-refractivity contribution in [2.75, 3.05) is 26.2 Å². The van der Waals surface area contributed by atoms with Crippen molar-refractivity contribution in [3.05, 3.63) is 17.0 Å². The van der Waals surface area contributed by atoms with Gasteiger partial charge >= 0.3 is 0 Å². The van der Waals surface area contributed by atoms with Gasteiger partial charge in [0, 0.05) is 38.9 Å². The number of hydrogen-bond donors (Lipinski definition) is 2. The third kappa shape index (κ3) is 4.58. The van der Waals surface area contributed by atoms with Crippen LogP contribution in [0.1, 0.15) is 30.3 Å². The predicted molar refractivity (Wildman–Crippen MR) is 100.0 cm³/mol. The van der Waals surface area contributed by atoms with Gasteiger partial charge in [0.15, 0.2) is 5.96 Å². The smallest absolute Gasteiger partial charge is 0.194 e. The predicted octanol–water partition coefficient (Wildman–Crippen LogP) is 1.23. The molecule has 1 aromatic heterocycles. The Balaban J connectivity index is 0.00000242. The number of aromatic nitrogens is 2. The van der Waals surface area contributed by atoms with Gasteiger partial charge < -0.3 is 15.3 Å². The Morgan fingerprint density at radius 1 is 1.45 bits per heavy atom. The molecule has 0 spiro atoms. The Morgan fingerprint density at radius 2 is 2.18 bits per heavy atom. The van der Waals surface area contributed by atoms with Crippen molar-refractivity contribution in [3.8, 4) is 0 Å². The first kappa shape index (κ1) is 19.2. The first-order chi connectivity index (χ1) is 10.0. The Bertz CT molecular complexity index is 514. The number of rotatable bonds is 4. The summed E-state index contributed by atoms with van der Waals surface area (Å²) in [5, 5.41) is 17.4. The number of nitrogens with zero attached hydrogens (tertiary/aromatic N) is 4. The van der Waals surface area contributed by atoms with Crippen molar-refractivity contribution in [3.63, 3.8) is 0 Å². The molecule has 126 valence electrons. The number of likely N-dealkylation sites (tertiary alicyclic amines) is 1. The van der Waals surface area contributed by atoms with Crippen molar-refractivity contribution in [2.45, 2.75) is 39.7 Å². The fraction of sp³-hybridized carbons (Fsp3) is 0.733. The lowest BCUT2D eigenvalue weighted by molar-refractivity contribution is 0.188. The molecule has 0 saturated carbocycles. The van der Waals surface area contributed by atoms with Crippen LogP contribution in [0.25, 0.3) is 0 Å². The Hall–Kier alpha value is -0.830. The van der Waals surface area contributed by atoms with Crippen LogP contribution >= 0.6 is 24.0 Å². The second kappa shape index (κ2) is 8.71. The summed E-state index contributed by atoms with van der Waals surface area (Å²) in [5.74, 6) is 0.910. The molecule has 2 heterocycles. The van der Waals surface area contributed by atoms with Crippen LogP contribution in [0.4, 0.5) is 0 Å². The summed E-state index contributed by atoms with van der Waals surface area (Å²) < 4.78 is 1.93. The first-order valence-corrected chi connectivity index (χ1v) is 7.73. The highest BCUT2D eigenvalue weighted by molar-refractivity contribution is 14.0. The molecule has 22 heavy (non-hydrogen) atoms. The molecule has 1 saturated heterocycles. The van der Waals surface area contributed by atoms with Gasteiger partial charge in [0.2, 0.25) is 0 Å². The number of β-amino-alcohol motifs (C(OH)–C–C–N with tert-alkyl or cyclic N) is 1. The van der Waals surface area contributed by atoms with E-state index in [9.17, 15) is 5.11 Å². The monoisotopic (exact) mass is 421 g/mol. The molecule has 0 amide bonds. The minimum Gasteiger partial charge on any atom is -0.391 e. The van der Waals surface area contributed by atoms with Gasteiger partial charge in [-0.3, -0.25) is 9.67 Å². The van der Waals surface area contributed by atoms with E-state index in [0.29, 0.717) is 6.54 Å². The fourth-order valence-corrected chi connectivity index (χ4v) is 2.81. The maximum atomic E-state index is 9.66. The Labute approximate surface area is 150 Å². The zero-order valence-corrected chi connectivity index (χ0v) is 16.3. The van der Waals surface area contributed by atoms with Gasteiger partial charge in [-0.2, -0.15) is 5.10 Å². The zero-order valence-electron chi connectivity index (χ0n) is 14.0.